The summed E-state index contributed by atoms with van der Waals surface area (Å²) >= 11 is 0. The van der Waals surface area contributed by atoms with Gasteiger partial charge in [-0.3, -0.25) is 4.79 Å². The van der Waals surface area contributed by atoms with Gasteiger partial charge >= 0.3 is 0 Å². The second-order valence-corrected chi connectivity index (χ2v) is 9.74. The molecule has 6 heteroatoms. The van der Waals surface area contributed by atoms with E-state index in [1.807, 2.05) is 25.1 Å². The third-order valence-corrected chi connectivity index (χ3v) is 6.90. The third kappa shape index (κ3) is 6.40. The van der Waals surface area contributed by atoms with Crippen molar-refractivity contribution in [2.45, 2.75) is 51.5 Å². The lowest BCUT2D eigenvalue weighted by Crippen LogP contribution is -2.36. The summed E-state index contributed by atoms with van der Waals surface area (Å²) in [6.07, 6.45) is 2.89. The van der Waals surface area contributed by atoms with Crippen molar-refractivity contribution in [3.8, 4) is 5.75 Å². The molecule has 3 aromatic rings. The molecule has 5 nitrogen and oxygen atoms in total. The minimum Gasteiger partial charge on any atom is -0.497 e. The van der Waals surface area contributed by atoms with E-state index in [1.54, 1.807) is 7.11 Å². The Balaban J connectivity index is 0.00000228. The molecule has 0 radical (unpaired) electrons. The van der Waals surface area contributed by atoms with Crippen LogP contribution < -0.4 is 14.5 Å². The van der Waals surface area contributed by atoms with Crippen molar-refractivity contribution in [2.24, 2.45) is 0 Å². The SMILES string of the molecule is COc1ccc2c(c1)C(C(=O)N(Cc1ccc(N(C)C)cc1)c1ccc(C(C)C)cc1)CCC2.Cl.O. The third-order valence-electron chi connectivity index (χ3n) is 6.90. The van der Waals surface area contributed by atoms with Crippen LogP contribution in [0.4, 0.5) is 11.4 Å². The Morgan fingerprint density at radius 1 is 0.972 bits per heavy atom. The molecule has 0 fully saturated rings. The summed E-state index contributed by atoms with van der Waals surface area (Å²) in [5.74, 6) is 1.26. The molecule has 0 aromatic heterocycles. The van der Waals surface area contributed by atoms with E-state index < -0.39 is 0 Å². The molecule has 194 valence electrons. The fourth-order valence-corrected chi connectivity index (χ4v) is 4.77. The number of nitrogens with zero attached hydrogens (tertiary/aromatic N) is 2. The maximum atomic E-state index is 14.1. The molecule has 0 saturated heterocycles. The predicted molar refractivity (Wildman–Crippen MR) is 152 cm³/mol. The van der Waals surface area contributed by atoms with Gasteiger partial charge in [0, 0.05) is 25.5 Å². The molecule has 0 saturated carbocycles. The topological polar surface area (TPSA) is 64.3 Å². The van der Waals surface area contributed by atoms with Gasteiger partial charge in [-0.15, -0.1) is 12.4 Å². The van der Waals surface area contributed by atoms with Crippen LogP contribution in [-0.4, -0.2) is 32.6 Å². The van der Waals surface area contributed by atoms with Gasteiger partial charge in [-0.05, 0) is 83.8 Å². The second kappa shape index (κ2) is 12.8. The van der Waals surface area contributed by atoms with Gasteiger partial charge in [0.1, 0.15) is 5.75 Å². The van der Waals surface area contributed by atoms with Gasteiger partial charge in [0.2, 0.25) is 5.91 Å². The lowest BCUT2D eigenvalue weighted by atomic mass is 9.81. The van der Waals surface area contributed by atoms with Crippen LogP contribution in [0.2, 0.25) is 0 Å². The van der Waals surface area contributed by atoms with Crippen LogP contribution in [0.3, 0.4) is 0 Å². The highest BCUT2D eigenvalue weighted by Gasteiger charge is 2.31. The number of aryl methyl sites for hydroxylation is 1. The molecule has 3 aromatic carbocycles. The number of carbonyl (C=O) groups is 1. The van der Waals surface area contributed by atoms with Crippen LogP contribution in [0.5, 0.6) is 5.75 Å². The molecule has 1 amide bonds. The standard InChI is InChI=1S/C30H36N2O2.ClH.H2O/c1-21(2)23-11-16-26(17-12-23)32(20-22-9-14-25(15-10-22)31(3)4)30(33)28-8-6-7-24-13-18-27(34-5)19-29(24)28;;/h9-19,21,28H,6-8,20H2,1-5H3;1H;1H2. The van der Waals surface area contributed by atoms with Crippen molar-refractivity contribution < 1.29 is 15.0 Å². The van der Waals surface area contributed by atoms with E-state index >= 15 is 0 Å². The van der Waals surface area contributed by atoms with Crippen molar-refractivity contribution in [3.63, 3.8) is 0 Å². The maximum Gasteiger partial charge on any atom is 0.234 e. The maximum absolute atomic E-state index is 14.1. The largest absolute Gasteiger partial charge is 0.497 e. The number of fused-ring (bicyclic) bond motifs is 1. The summed E-state index contributed by atoms with van der Waals surface area (Å²) in [6, 6.07) is 23.1. The number of hydrogen-bond donors (Lipinski definition) is 0. The van der Waals surface area contributed by atoms with Crippen molar-refractivity contribution in [1.29, 1.82) is 0 Å². The summed E-state index contributed by atoms with van der Waals surface area (Å²) in [6.45, 7) is 4.93. The van der Waals surface area contributed by atoms with Gasteiger partial charge in [-0.2, -0.15) is 0 Å². The Kier molecular flexibility index (Phi) is 10.4. The summed E-state index contributed by atoms with van der Waals surface area (Å²) in [5.41, 5.74) is 6.86. The molecule has 0 bridgehead atoms. The molecule has 0 aliphatic heterocycles. The Morgan fingerprint density at radius 3 is 2.19 bits per heavy atom. The first-order valence-corrected chi connectivity index (χ1v) is 12.2. The van der Waals surface area contributed by atoms with Gasteiger partial charge in [-0.1, -0.05) is 44.2 Å². The van der Waals surface area contributed by atoms with Crippen LogP contribution in [-0.2, 0) is 17.8 Å². The highest BCUT2D eigenvalue weighted by atomic mass is 35.5. The van der Waals surface area contributed by atoms with Crippen molar-refractivity contribution >= 4 is 29.7 Å². The van der Waals surface area contributed by atoms with Gasteiger partial charge in [-0.25, -0.2) is 0 Å². The number of anilines is 2. The lowest BCUT2D eigenvalue weighted by Gasteiger charge is -2.31. The molecule has 36 heavy (non-hydrogen) atoms. The first kappa shape index (κ1) is 29.2. The second-order valence-electron chi connectivity index (χ2n) is 9.74. The molecule has 0 spiro atoms. The van der Waals surface area contributed by atoms with Crippen LogP contribution in [0.25, 0.3) is 0 Å². The number of benzene rings is 3. The fourth-order valence-electron chi connectivity index (χ4n) is 4.77. The fraction of sp³-hybridized carbons (Fsp3) is 0.367. The molecule has 4 rings (SSSR count). The molecular formula is C30H39ClN2O3. The van der Waals surface area contributed by atoms with E-state index in [9.17, 15) is 4.79 Å². The van der Waals surface area contributed by atoms with E-state index in [-0.39, 0.29) is 29.7 Å². The Hall–Kier alpha value is -3.02. The van der Waals surface area contributed by atoms with E-state index in [2.05, 4.69) is 79.4 Å². The van der Waals surface area contributed by atoms with Crippen LogP contribution in [0.1, 0.15) is 60.8 Å². The Morgan fingerprint density at radius 2 is 1.61 bits per heavy atom. The summed E-state index contributed by atoms with van der Waals surface area (Å²) < 4.78 is 5.49. The normalized spacial score (nSPS) is 14.2. The smallest absolute Gasteiger partial charge is 0.234 e. The first-order valence-electron chi connectivity index (χ1n) is 12.2. The lowest BCUT2D eigenvalue weighted by molar-refractivity contribution is -0.120. The summed E-state index contributed by atoms with van der Waals surface area (Å²) in [4.78, 5) is 18.2. The number of hydrogen-bond acceptors (Lipinski definition) is 3. The summed E-state index contributed by atoms with van der Waals surface area (Å²) in [5, 5.41) is 0. The van der Waals surface area contributed by atoms with Crippen molar-refractivity contribution in [2.75, 3.05) is 31.0 Å². The molecule has 2 N–H and O–H groups in total. The zero-order valence-corrected chi connectivity index (χ0v) is 22.8. The van der Waals surface area contributed by atoms with E-state index in [1.165, 1.54) is 11.1 Å². The Labute approximate surface area is 221 Å². The number of halogens is 1. The van der Waals surface area contributed by atoms with E-state index in [4.69, 9.17) is 4.74 Å². The average Bonchev–Trinajstić information content (AvgIpc) is 2.86. The van der Waals surface area contributed by atoms with E-state index in [0.717, 1.165) is 47.5 Å². The van der Waals surface area contributed by atoms with Gasteiger partial charge in [0.05, 0.1) is 19.6 Å². The average molecular weight is 511 g/mol. The van der Waals surface area contributed by atoms with Crippen molar-refractivity contribution in [1.82, 2.24) is 0 Å². The van der Waals surface area contributed by atoms with Crippen LogP contribution in [0.15, 0.2) is 66.7 Å². The van der Waals surface area contributed by atoms with Gasteiger partial charge < -0.3 is 20.0 Å². The minimum absolute atomic E-state index is 0. The molecule has 1 atom stereocenters. The Bertz CT molecular complexity index is 1130. The zero-order chi connectivity index (χ0) is 24.2. The molecule has 1 unspecified atom stereocenters. The highest BCUT2D eigenvalue weighted by molar-refractivity contribution is 5.98. The highest BCUT2D eigenvalue weighted by Crippen LogP contribution is 2.37. The van der Waals surface area contributed by atoms with Crippen LogP contribution >= 0.6 is 12.4 Å². The van der Waals surface area contributed by atoms with Gasteiger partial charge in [0.25, 0.3) is 0 Å². The number of amides is 1. The summed E-state index contributed by atoms with van der Waals surface area (Å²) in [7, 11) is 5.76. The minimum atomic E-state index is -0.162. The van der Waals surface area contributed by atoms with Crippen molar-refractivity contribution in [3.05, 3.63) is 89.0 Å². The number of rotatable bonds is 7. The van der Waals surface area contributed by atoms with Gasteiger partial charge in [0.15, 0.2) is 0 Å². The molecule has 1 aliphatic rings. The number of methoxy groups -OCH3 is 1. The quantitative estimate of drug-likeness (QED) is 0.383. The zero-order valence-electron chi connectivity index (χ0n) is 22.0. The molecule has 0 heterocycles. The number of carbonyl (C=O) groups excluding carboxylic acids is 1. The molecular weight excluding hydrogens is 472 g/mol. The first-order chi connectivity index (χ1) is 16.4. The predicted octanol–water partition coefficient (Wildman–Crippen LogP) is 6.14. The van der Waals surface area contributed by atoms with E-state index in [0.29, 0.717) is 12.5 Å². The molecule has 1 aliphatic carbocycles. The van der Waals surface area contributed by atoms with Crippen LogP contribution in [0, 0.1) is 0 Å². The number of ether oxygens (including phenoxy) is 1. The monoisotopic (exact) mass is 510 g/mol.